The SMILES string of the molecule is Cc1cc(C)cc(CSc2cc(C(N)=O)c(N)cc2F)c1. The van der Waals surface area contributed by atoms with Crippen LogP contribution in [0.3, 0.4) is 0 Å². The highest BCUT2D eigenvalue weighted by atomic mass is 32.2. The Morgan fingerprint density at radius 1 is 1.14 bits per heavy atom. The Kier molecular flexibility index (Phi) is 4.53. The van der Waals surface area contributed by atoms with Crippen molar-refractivity contribution >= 4 is 23.4 Å². The summed E-state index contributed by atoms with van der Waals surface area (Å²) < 4.78 is 13.9. The van der Waals surface area contributed by atoms with Crippen molar-refractivity contribution in [3.8, 4) is 0 Å². The second-order valence-electron chi connectivity index (χ2n) is 5.02. The van der Waals surface area contributed by atoms with E-state index in [4.69, 9.17) is 11.5 Å². The van der Waals surface area contributed by atoms with Crippen molar-refractivity contribution in [1.82, 2.24) is 0 Å². The van der Waals surface area contributed by atoms with Crippen LogP contribution in [-0.4, -0.2) is 5.91 Å². The quantitative estimate of drug-likeness (QED) is 0.671. The van der Waals surface area contributed by atoms with E-state index in [0.29, 0.717) is 10.6 Å². The van der Waals surface area contributed by atoms with Crippen LogP contribution in [0.2, 0.25) is 0 Å². The third-order valence-electron chi connectivity index (χ3n) is 3.05. The van der Waals surface area contributed by atoms with Crippen molar-refractivity contribution < 1.29 is 9.18 Å². The molecule has 110 valence electrons. The molecule has 5 heteroatoms. The molecular weight excluding hydrogens is 287 g/mol. The van der Waals surface area contributed by atoms with Crippen LogP contribution in [0, 0.1) is 19.7 Å². The maximum Gasteiger partial charge on any atom is 0.250 e. The molecule has 2 aromatic rings. The number of anilines is 1. The van der Waals surface area contributed by atoms with Gasteiger partial charge >= 0.3 is 0 Å². The first-order valence-electron chi connectivity index (χ1n) is 6.45. The van der Waals surface area contributed by atoms with Gasteiger partial charge in [-0.3, -0.25) is 4.79 Å². The Bertz CT molecular complexity index is 681. The first-order chi connectivity index (χ1) is 9.86. The highest BCUT2D eigenvalue weighted by Gasteiger charge is 2.12. The van der Waals surface area contributed by atoms with Crippen molar-refractivity contribution in [1.29, 1.82) is 0 Å². The fourth-order valence-corrected chi connectivity index (χ4v) is 3.09. The largest absolute Gasteiger partial charge is 0.398 e. The van der Waals surface area contributed by atoms with Crippen LogP contribution < -0.4 is 11.5 Å². The minimum Gasteiger partial charge on any atom is -0.398 e. The average Bonchev–Trinajstić information content (AvgIpc) is 2.36. The van der Waals surface area contributed by atoms with Gasteiger partial charge in [-0.2, -0.15) is 0 Å². The predicted molar refractivity (Wildman–Crippen MR) is 84.8 cm³/mol. The average molecular weight is 304 g/mol. The topological polar surface area (TPSA) is 69.1 Å². The van der Waals surface area contributed by atoms with Gasteiger partial charge in [0.05, 0.1) is 5.56 Å². The summed E-state index contributed by atoms with van der Waals surface area (Å²) in [5.74, 6) is -0.478. The number of nitrogens with two attached hydrogens (primary N) is 2. The lowest BCUT2D eigenvalue weighted by molar-refractivity contribution is 0.100. The molecule has 2 rings (SSSR count). The van der Waals surface area contributed by atoms with E-state index < -0.39 is 11.7 Å². The molecule has 2 aromatic carbocycles. The smallest absolute Gasteiger partial charge is 0.250 e. The summed E-state index contributed by atoms with van der Waals surface area (Å²) >= 11 is 1.32. The Hall–Kier alpha value is -2.01. The van der Waals surface area contributed by atoms with E-state index in [-0.39, 0.29) is 11.3 Å². The van der Waals surface area contributed by atoms with Gasteiger partial charge in [-0.15, -0.1) is 11.8 Å². The van der Waals surface area contributed by atoms with E-state index in [1.165, 1.54) is 29.0 Å². The number of aryl methyl sites for hydroxylation is 2. The molecule has 21 heavy (non-hydrogen) atoms. The number of benzene rings is 2. The molecule has 4 N–H and O–H groups in total. The third-order valence-corrected chi connectivity index (χ3v) is 4.15. The molecule has 0 saturated heterocycles. The van der Waals surface area contributed by atoms with E-state index in [1.807, 2.05) is 13.8 Å². The Morgan fingerprint density at radius 3 is 2.33 bits per heavy atom. The molecule has 0 unspecified atom stereocenters. The lowest BCUT2D eigenvalue weighted by atomic mass is 10.1. The number of hydrogen-bond acceptors (Lipinski definition) is 3. The number of rotatable bonds is 4. The molecule has 0 atom stereocenters. The molecule has 0 saturated carbocycles. The van der Waals surface area contributed by atoms with Crippen LogP contribution in [-0.2, 0) is 5.75 Å². The molecule has 0 radical (unpaired) electrons. The second kappa shape index (κ2) is 6.18. The molecule has 0 aliphatic rings. The lowest BCUT2D eigenvalue weighted by Crippen LogP contribution is -2.14. The van der Waals surface area contributed by atoms with Crippen LogP contribution in [0.5, 0.6) is 0 Å². The van der Waals surface area contributed by atoms with Gasteiger partial charge in [0.15, 0.2) is 0 Å². The molecule has 0 bridgehead atoms. The van der Waals surface area contributed by atoms with Crippen LogP contribution >= 0.6 is 11.8 Å². The van der Waals surface area contributed by atoms with E-state index in [1.54, 1.807) is 0 Å². The molecule has 0 aromatic heterocycles. The monoisotopic (exact) mass is 304 g/mol. The fraction of sp³-hybridized carbons (Fsp3) is 0.188. The number of primary amides is 1. The lowest BCUT2D eigenvalue weighted by Gasteiger charge is -2.09. The molecule has 1 amide bonds. The highest BCUT2D eigenvalue weighted by Crippen LogP contribution is 2.29. The van der Waals surface area contributed by atoms with Crippen LogP contribution in [0.25, 0.3) is 0 Å². The Morgan fingerprint density at radius 2 is 1.76 bits per heavy atom. The van der Waals surface area contributed by atoms with Crippen LogP contribution in [0.15, 0.2) is 35.2 Å². The Balaban J connectivity index is 2.23. The summed E-state index contributed by atoms with van der Waals surface area (Å²) in [6, 6.07) is 8.77. The highest BCUT2D eigenvalue weighted by molar-refractivity contribution is 7.98. The number of thioether (sulfide) groups is 1. The number of carbonyl (C=O) groups is 1. The second-order valence-corrected chi connectivity index (χ2v) is 6.04. The number of carbonyl (C=O) groups excluding carboxylic acids is 1. The fourth-order valence-electron chi connectivity index (χ4n) is 2.21. The van der Waals surface area contributed by atoms with Gasteiger partial charge in [0.1, 0.15) is 5.82 Å². The summed E-state index contributed by atoms with van der Waals surface area (Å²) in [4.78, 5) is 11.6. The Labute approximate surface area is 127 Å². The van der Waals surface area contributed by atoms with Crippen molar-refractivity contribution in [2.45, 2.75) is 24.5 Å². The van der Waals surface area contributed by atoms with E-state index >= 15 is 0 Å². The van der Waals surface area contributed by atoms with Gasteiger partial charge in [0.2, 0.25) is 0 Å². The van der Waals surface area contributed by atoms with Gasteiger partial charge in [0.25, 0.3) is 5.91 Å². The van der Waals surface area contributed by atoms with Crippen LogP contribution in [0.1, 0.15) is 27.0 Å². The maximum atomic E-state index is 13.9. The van der Waals surface area contributed by atoms with Gasteiger partial charge < -0.3 is 11.5 Å². The van der Waals surface area contributed by atoms with Crippen LogP contribution in [0.4, 0.5) is 10.1 Å². The third kappa shape index (κ3) is 3.76. The minimum absolute atomic E-state index is 0.0655. The van der Waals surface area contributed by atoms with Crippen molar-refractivity contribution in [3.63, 3.8) is 0 Å². The number of halogens is 1. The van der Waals surface area contributed by atoms with E-state index in [9.17, 15) is 9.18 Å². The first kappa shape index (κ1) is 15.4. The molecule has 0 spiro atoms. The summed E-state index contributed by atoms with van der Waals surface area (Å²) in [7, 11) is 0. The zero-order valence-electron chi connectivity index (χ0n) is 11.9. The molecular formula is C16H17FN2OS. The number of hydrogen-bond donors (Lipinski definition) is 2. The molecule has 0 heterocycles. The van der Waals surface area contributed by atoms with Crippen molar-refractivity contribution in [2.24, 2.45) is 5.73 Å². The van der Waals surface area contributed by atoms with Gasteiger partial charge in [-0.05, 0) is 31.5 Å². The van der Waals surface area contributed by atoms with Gasteiger partial charge in [-0.1, -0.05) is 29.3 Å². The number of nitrogen functional groups attached to an aromatic ring is 1. The normalized spacial score (nSPS) is 10.6. The summed E-state index contributed by atoms with van der Waals surface area (Å²) in [5.41, 5.74) is 14.5. The molecule has 3 nitrogen and oxygen atoms in total. The molecule has 0 aliphatic carbocycles. The van der Waals surface area contributed by atoms with E-state index in [2.05, 4.69) is 18.2 Å². The predicted octanol–water partition coefficient (Wildman–Crippen LogP) is 3.42. The zero-order valence-corrected chi connectivity index (χ0v) is 12.8. The first-order valence-corrected chi connectivity index (χ1v) is 7.44. The summed E-state index contributed by atoms with van der Waals surface area (Å²) in [6.07, 6.45) is 0. The van der Waals surface area contributed by atoms with Crippen molar-refractivity contribution in [2.75, 3.05) is 5.73 Å². The maximum absolute atomic E-state index is 13.9. The van der Waals surface area contributed by atoms with Gasteiger partial charge in [0, 0.05) is 16.3 Å². The summed E-state index contributed by atoms with van der Waals surface area (Å²) in [6.45, 7) is 4.05. The molecule has 0 aliphatic heterocycles. The standard InChI is InChI=1S/C16H17FN2OS/c1-9-3-10(2)5-11(4-9)8-21-15-6-12(16(19)20)14(18)7-13(15)17/h3-7H,8,18H2,1-2H3,(H2,19,20). The zero-order chi connectivity index (χ0) is 15.6. The molecule has 0 fully saturated rings. The van der Waals surface area contributed by atoms with Crippen molar-refractivity contribution in [3.05, 3.63) is 58.4 Å². The van der Waals surface area contributed by atoms with Gasteiger partial charge in [-0.25, -0.2) is 4.39 Å². The minimum atomic E-state index is -0.652. The summed E-state index contributed by atoms with van der Waals surface area (Å²) in [5, 5.41) is 0. The number of amides is 1. The van der Waals surface area contributed by atoms with E-state index in [0.717, 1.165) is 11.6 Å².